The van der Waals surface area contributed by atoms with Gasteiger partial charge >= 0.3 is 0 Å². The Bertz CT molecular complexity index is 676. The molecule has 0 saturated carbocycles. The molecule has 0 amide bonds. The van der Waals surface area contributed by atoms with E-state index >= 15 is 0 Å². The van der Waals surface area contributed by atoms with Crippen LogP contribution in [0.2, 0.25) is 0 Å². The van der Waals surface area contributed by atoms with E-state index in [1.807, 2.05) is 0 Å². The largest absolute Gasteiger partial charge is 0.338 e. The minimum absolute atomic E-state index is 0.832. The smallest absolute Gasteiger partial charge is 0.173 e. The molecule has 0 atom stereocenters. The highest BCUT2D eigenvalue weighted by Gasteiger charge is 2.17. The number of likely N-dealkylation sites (tertiary alicyclic amines) is 1. The predicted molar refractivity (Wildman–Crippen MR) is 116 cm³/mol. The molecular weight excluding hydrogens is 358 g/mol. The van der Waals surface area contributed by atoms with E-state index in [2.05, 4.69) is 58.9 Å². The first-order valence-electron chi connectivity index (χ1n) is 9.69. The van der Waals surface area contributed by atoms with Gasteiger partial charge in [0.15, 0.2) is 5.11 Å². The molecule has 1 aromatic carbocycles. The van der Waals surface area contributed by atoms with E-state index in [0.29, 0.717) is 0 Å². The molecule has 1 fully saturated rings. The Morgan fingerprint density at radius 1 is 1.15 bits per heavy atom. The molecule has 1 aromatic heterocycles. The molecule has 2 aromatic rings. The van der Waals surface area contributed by atoms with Crippen molar-refractivity contribution in [2.24, 2.45) is 0 Å². The summed E-state index contributed by atoms with van der Waals surface area (Å²) in [5.41, 5.74) is 2.32. The number of nitrogens with zero attached hydrogens (tertiary/aromatic N) is 1. The summed E-state index contributed by atoms with van der Waals surface area (Å²) in [6, 6.07) is 12.7. The molecule has 3 nitrogen and oxygen atoms in total. The van der Waals surface area contributed by atoms with Crippen LogP contribution < -0.4 is 10.2 Å². The monoisotopic (exact) mass is 388 g/mol. The zero-order chi connectivity index (χ0) is 18.2. The van der Waals surface area contributed by atoms with Crippen LogP contribution in [0.5, 0.6) is 0 Å². The van der Waals surface area contributed by atoms with Gasteiger partial charge in [-0.2, -0.15) is 0 Å². The number of benzene rings is 1. The zero-order valence-electron chi connectivity index (χ0n) is 15.7. The lowest BCUT2D eigenvalue weighted by molar-refractivity contribution is -0.898. The van der Waals surface area contributed by atoms with E-state index in [0.717, 1.165) is 23.9 Å². The van der Waals surface area contributed by atoms with Gasteiger partial charge in [0.25, 0.3) is 0 Å². The molecule has 140 valence electrons. The molecule has 1 saturated heterocycles. The third kappa shape index (κ3) is 6.08. The molecule has 0 aliphatic carbocycles. The van der Waals surface area contributed by atoms with Crippen LogP contribution in [0.3, 0.4) is 0 Å². The van der Waals surface area contributed by atoms with Crippen LogP contribution in [0.25, 0.3) is 0 Å². The van der Waals surface area contributed by atoms with Gasteiger partial charge in [0.2, 0.25) is 0 Å². The number of aryl methyl sites for hydroxylation is 1. The molecule has 0 bridgehead atoms. The van der Waals surface area contributed by atoms with Gasteiger partial charge in [0.05, 0.1) is 32.7 Å². The fourth-order valence-electron chi connectivity index (χ4n) is 3.54. The molecule has 0 radical (unpaired) electrons. The van der Waals surface area contributed by atoms with Crippen LogP contribution in [0.15, 0.2) is 41.8 Å². The van der Waals surface area contributed by atoms with Crippen LogP contribution in [-0.2, 0) is 6.54 Å². The van der Waals surface area contributed by atoms with Crippen molar-refractivity contribution in [2.45, 2.75) is 39.2 Å². The standard InChI is InChI=1S/C21H29N3S2/c1-18-8-6-9-19(16-18)22-21(25)24(17-20-10-7-15-26-20)14-13-23-11-4-2-3-5-12-23/h6-10,15-16H,2-5,11-14,17H2,1H3,(H,22,25)/p+1. The van der Waals surface area contributed by atoms with Gasteiger partial charge in [0, 0.05) is 10.6 Å². The summed E-state index contributed by atoms with van der Waals surface area (Å²) in [4.78, 5) is 5.43. The van der Waals surface area contributed by atoms with Crippen LogP contribution in [0.4, 0.5) is 5.69 Å². The number of hydrogen-bond acceptors (Lipinski definition) is 2. The van der Waals surface area contributed by atoms with Gasteiger partial charge in [-0.1, -0.05) is 18.2 Å². The van der Waals surface area contributed by atoms with Crippen LogP contribution in [-0.4, -0.2) is 36.2 Å². The Hall–Kier alpha value is -1.43. The summed E-state index contributed by atoms with van der Waals surface area (Å²) in [5, 5.41) is 6.42. The van der Waals surface area contributed by atoms with Gasteiger partial charge in [-0.05, 0) is 74.0 Å². The number of quaternary nitrogens is 1. The Morgan fingerprint density at radius 2 is 1.96 bits per heavy atom. The van der Waals surface area contributed by atoms with Crippen molar-refractivity contribution < 1.29 is 4.90 Å². The van der Waals surface area contributed by atoms with Crippen LogP contribution in [0, 0.1) is 6.92 Å². The fraction of sp³-hybridized carbons (Fsp3) is 0.476. The summed E-state index contributed by atoms with van der Waals surface area (Å²) in [6.07, 6.45) is 5.53. The minimum Gasteiger partial charge on any atom is -0.338 e. The maximum atomic E-state index is 5.78. The van der Waals surface area contributed by atoms with Crippen molar-refractivity contribution in [3.05, 3.63) is 52.2 Å². The van der Waals surface area contributed by atoms with Crippen LogP contribution >= 0.6 is 23.6 Å². The molecule has 1 aliphatic rings. The van der Waals surface area contributed by atoms with Crippen molar-refractivity contribution in [1.82, 2.24) is 4.90 Å². The molecule has 2 heterocycles. The number of nitrogens with one attached hydrogen (secondary N) is 2. The molecule has 5 heteroatoms. The second-order valence-electron chi connectivity index (χ2n) is 7.21. The lowest BCUT2D eigenvalue weighted by Crippen LogP contribution is -3.12. The highest BCUT2D eigenvalue weighted by Crippen LogP contribution is 2.15. The Balaban J connectivity index is 1.62. The lowest BCUT2D eigenvalue weighted by Gasteiger charge is -2.27. The first-order chi connectivity index (χ1) is 12.7. The molecule has 2 N–H and O–H groups in total. The number of thiocarbonyl (C=S) groups is 1. The summed E-state index contributed by atoms with van der Waals surface area (Å²) >= 11 is 7.58. The van der Waals surface area contributed by atoms with Gasteiger partial charge in [-0.3, -0.25) is 0 Å². The average molecular weight is 389 g/mol. The molecular formula is C21H30N3S2+. The van der Waals surface area contributed by atoms with E-state index < -0.39 is 0 Å². The second kappa shape index (κ2) is 10.0. The van der Waals surface area contributed by atoms with Gasteiger partial charge < -0.3 is 15.1 Å². The Kier molecular flexibility index (Phi) is 7.47. The van der Waals surface area contributed by atoms with Gasteiger partial charge in [-0.25, -0.2) is 0 Å². The van der Waals surface area contributed by atoms with Crippen molar-refractivity contribution >= 4 is 34.4 Å². The number of rotatable bonds is 6. The predicted octanol–water partition coefficient (Wildman–Crippen LogP) is 3.71. The minimum atomic E-state index is 0.832. The number of anilines is 1. The van der Waals surface area contributed by atoms with Crippen molar-refractivity contribution in [3.63, 3.8) is 0 Å². The Labute approximate surface area is 167 Å². The number of hydrogen-bond donors (Lipinski definition) is 2. The topological polar surface area (TPSA) is 19.7 Å². The zero-order valence-corrected chi connectivity index (χ0v) is 17.3. The summed E-state index contributed by atoms with van der Waals surface area (Å²) < 4.78 is 0. The van der Waals surface area contributed by atoms with Crippen molar-refractivity contribution in [2.75, 3.05) is 31.5 Å². The highest BCUT2D eigenvalue weighted by atomic mass is 32.1. The third-order valence-electron chi connectivity index (χ3n) is 5.03. The summed E-state index contributed by atoms with van der Waals surface area (Å²) in [6.45, 7) is 7.80. The maximum absolute atomic E-state index is 5.78. The SMILES string of the molecule is Cc1cccc(NC(=S)N(CC[NH+]2CCCCCC2)Cc2cccs2)c1. The number of thiophene rings is 1. The first-order valence-corrected chi connectivity index (χ1v) is 11.0. The van der Waals surface area contributed by atoms with E-state index in [-0.39, 0.29) is 0 Å². The summed E-state index contributed by atoms with van der Waals surface area (Å²) in [5.74, 6) is 0. The average Bonchev–Trinajstić information content (AvgIpc) is 3.00. The highest BCUT2D eigenvalue weighted by molar-refractivity contribution is 7.80. The second-order valence-corrected chi connectivity index (χ2v) is 8.63. The van der Waals surface area contributed by atoms with Crippen molar-refractivity contribution in [1.29, 1.82) is 0 Å². The van der Waals surface area contributed by atoms with Gasteiger partial charge in [-0.15, -0.1) is 11.3 Å². The molecule has 0 unspecified atom stereocenters. The van der Waals surface area contributed by atoms with E-state index in [1.54, 1.807) is 16.2 Å². The van der Waals surface area contributed by atoms with E-state index in [1.165, 1.54) is 55.8 Å². The lowest BCUT2D eigenvalue weighted by atomic mass is 10.2. The Morgan fingerprint density at radius 3 is 2.65 bits per heavy atom. The normalized spacial score (nSPS) is 15.4. The van der Waals surface area contributed by atoms with E-state index in [9.17, 15) is 0 Å². The van der Waals surface area contributed by atoms with Gasteiger partial charge in [0.1, 0.15) is 0 Å². The van der Waals surface area contributed by atoms with Crippen LogP contribution in [0.1, 0.15) is 36.1 Å². The molecule has 1 aliphatic heterocycles. The summed E-state index contributed by atoms with van der Waals surface area (Å²) in [7, 11) is 0. The molecule has 26 heavy (non-hydrogen) atoms. The fourth-order valence-corrected chi connectivity index (χ4v) is 4.53. The molecule has 3 rings (SSSR count). The quantitative estimate of drug-likeness (QED) is 0.736. The van der Waals surface area contributed by atoms with E-state index in [4.69, 9.17) is 12.2 Å². The maximum Gasteiger partial charge on any atom is 0.173 e. The first kappa shape index (κ1) is 19.3. The molecule has 0 spiro atoms. The van der Waals surface area contributed by atoms with Crippen molar-refractivity contribution in [3.8, 4) is 0 Å². The third-order valence-corrected chi connectivity index (χ3v) is 6.25.